The quantitative estimate of drug-likeness (QED) is 0.490. The highest BCUT2D eigenvalue weighted by atomic mass is 16.6. The van der Waals surface area contributed by atoms with E-state index < -0.39 is 18.3 Å². The Morgan fingerprint density at radius 3 is 2.80 bits per heavy atom. The van der Waals surface area contributed by atoms with Gasteiger partial charge in [0.25, 0.3) is 0 Å². The number of aliphatic hydroxyl groups is 1. The Bertz CT molecular complexity index is 138. The molecule has 0 aliphatic carbocycles. The number of ether oxygens (including phenoxy) is 2. The Hall–Kier alpha value is -0.810. The van der Waals surface area contributed by atoms with Crippen molar-refractivity contribution in [3.05, 3.63) is 0 Å². The van der Waals surface area contributed by atoms with Gasteiger partial charge in [-0.2, -0.15) is 0 Å². The van der Waals surface area contributed by atoms with Gasteiger partial charge in [0.05, 0.1) is 13.2 Å². The van der Waals surface area contributed by atoms with Crippen LogP contribution in [-0.2, 0) is 9.47 Å². The van der Waals surface area contributed by atoms with Gasteiger partial charge >= 0.3 is 6.09 Å². The molecule has 0 aromatic rings. The minimum Gasteiger partial charge on any atom is -0.441 e. The summed E-state index contributed by atoms with van der Waals surface area (Å²) in [5.41, 5.74) is 4.71. The summed E-state index contributed by atoms with van der Waals surface area (Å²) in [4.78, 5) is 10.1. The first-order chi connectivity index (χ1) is 4.70. The van der Waals surface area contributed by atoms with Gasteiger partial charge < -0.3 is 20.3 Å². The standard InChI is InChI=1S/C5H9NO4/c6-5(8)10-4-2-9-1-3(4)7/h3-4,7H,1-2H2,(H2,6,8). The molecule has 2 atom stereocenters. The van der Waals surface area contributed by atoms with E-state index in [4.69, 9.17) is 15.6 Å². The molecule has 1 rings (SSSR count). The van der Waals surface area contributed by atoms with Crippen LogP contribution in [0.3, 0.4) is 0 Å². The molecule has 10 heavy (non-hydrogen) atoms. The maximum atomic E-state index is 10.1. The minimum atomic E-state index is -0.880. The van der Waals surface area contributed by atoms with E-state index in [9.17, 15) is 4.79 Å². The predicted octanol–water partition coefficient (Wildman–Crippen LogP) is -1.16. The second-order valence-electron chi connectivity index (χ2n) is 2.08. The van der Waals surface area contributed by atoms with Gasteiger partial charge in [0, 0.05) is 0 Å². The number of primary amides is 1. The van der Waals surface area contributed by atoms with Crippen LogP contribution < -0.4 is 5.73 Å². The first-order valence-corrected chi connectivity index (χ1v) is 2.92. The fourth-order valence-electron chi connectivity index (χ4n) is 0.785. The van der Waals surface area contributed by atoms with E-state index in [1.54, 1.807) is 0 Å². The summed E-state index contributed by atoms with van der Waals surface area (Å²) in [7, 11) is 0. The molecule has 2 unspecified atom stereocenters. The lowest BCUT2D eigenvalue weighted by Crippen LogP contribution is -2.31. The Balaban J connectivity index is 2.33. The van der Waals surface area contributed by atoms with Crippen LogP contribution in [0.2, 0.25) is 0 Å². The van der Waals surface area contributed by atoms with Gasteiger partial charge in [0.1, 0.15) is 6.10 Å². The summed E-state index contributed by atoms with van der Waals surface area (Å²) >= 11 is 0. The maximum Gasteiger partial charge on any atom is 0.404 e. The van der Waals surface area contributed by atoms with Crippen molar-refractivity contribution in [2.75, 3.05) is 13.2 Å². The molecule has 0 bridgehead atoms. The van der Waals surface area contributed by atoms with E-state index >= 15 is 0 Å². The van der Waals surface area contributed by atoms with Gasteiger partial charge in [0.15, 0.2) is 6.10 Å². The van der Waals surface area contributed by atoms with Crippen molar-refractivity contribution in [3.63, 3.8) is 0 Å². The lowest BCUT2D eigenvalue weighted by Gasteiger charge is -2.10. The summed E-state index contributed by atoms with van der Waals surface area (Å²) in [6, 6.07) is 0. The molecule has 1 saturated heterocycles. The van der Waals surface area contributed by atoms with Crippen LogP contribution in [0, 0.1) is 0 Å². The lowest BCUT2D eigenvalue weighted by atomic mass is 10.3. The molecule has 3 N–H and O–H groups in total. The molecule has 1 aliphatic rings. The van der Waals surface area contributed by atoms with E-state index in [-0.39, 0.29) is 13.2 Å². The maximum absolute atomic E-state index is 10.1. The fourth-order valence-corrected chi connectivity index (χ4v) is 0.785. The zero-order valence-electron chi connectivity index (χ0n) is 5.32. The van der Waals surface area contributed by atoms with E-state index in [1.807, 2.05) is 0 Å². The molecular formula is C5H9NO4. The van der Waals surface area contributed by atoms with Gasteiger partial charge in [-0.05, 0) is 0 Å². The van der Waals surface area contributed by atoms with Crippen molar-refractivity contribution < 1.29 is 19.4 Å². The van der Waals surface area contributed by atoms with Gasteiger partial charge in [-0.25, -0.2) is 4.79 Å². The largest absolute Gasteiger partial charge is 0.441 e. The molecule has 0 aromatic heterocycles. The SMILES string of the molecule is NC(=O)OC1COCC1O. The van der Waals surface area contributed by atoms with Crippen molar-refractivity contribution in [3.8, 4) is 0 Å². The predicted molar refractivity (Wildman–Crippen MR) is 31.3 cm³/mol. The molecule has 1 heterocycles. The first-order valence-electron chi connectivity index (χ1n) is 2.92. The molecule has 0 spiro atoms. The average molecular weight is 147 g/mol. The topological polar surface area (TPSA) is 81.8 Å². The minimum absolute atomic E-state index is 0.206. The van der Waals surface area contributed by atoms with Crippen LogP contribution in [0.4, 0.5) is 4.79 Å². The van der Waals surface area contributed by atoms with Crippen LogP contribution in [0.15, 0.2) is 0 Å². The number of hydrogen-bond donors (Lipinski definition) is 2. The number of hydrogen-bond acceptors (Lipinski definition) is 4. The first kappa shape index (κ1) is 7.30. The third-order valence-corrected chi connectivity index (χ3v) is 1.27. The normalized spacial score (nSPS) is 32.1. The Morgan fingerprint density at radius 2 is 2.40 bits per heavy atom. The van der Waals surface area contributed by atoms with Crippen molar-refractivity contribution in [1.29, 1.82) is 0 Å². The van der Waals surface area contributed by atoms with E-state index in [2.05, 4.69) is 4.74 Å². The highest BCUT2D eigenvalue weighted by Gasteiger charge is 2.28. The van der Waals surface area contributed by atoms with Crippen molar-refractivity contribution in [2.45, 2.75) is 12.2 Å². The van der Waals surface area contributed by atoms with E-state index in [0.29, 0.717) is 0 Å². The second kappa shape index (κ2) is 2.85. The monoisotopic (exact) mass is 147 g/mol. The summed E-state index contributed by atoms with van der Waals surface area (Å²) in [5.74, 6) is 0. The average Bonchev–Trinajstić information content (AvgIpc) is 2.15. The number of nitrogens with two attached hydrogens (primary N) is 1. The van der Waals surface area contributed by atoms with E-state index in [0.717, 1.165) is 0 Å². The second-order valence-corrected chi connectivity index (χ2v) is 2.08. The summed E-state index contributed by atoms with van der Waals surface area (Å²) in [6.07, 6.45) is -2.19. The third-order valence-electron chi connectivity index (χ3n) is 1.27. The molecular weight excluding hydrogens is 138 g/mol. The van der Waals surface area contributed by atoms with Gasteiger partial charge in [0.2, 0.25) is 0 Å². The Morgan fingerprint density at radius 1 is 1.70 bits per heavy atom. The van der Waals surface area contributed by atoms with Crippen LogP contribution in [0.5, 0.6) is 0 Å². The molecule has 1 amide bonds. The van der Waals surface area contributed by atoms with Crippen molar-refractivity contribution in [1.82, 2.24) is 0 Å². The molecule has 5 heteroatoms. The third kappa shape index (κ3) is 1.58. The van der Waals surface area contributed by atoms with Crippen LogP contribution in [0.25, 0.3) is 0 Å². The zero-order valence-corrected chi connectivity index (χ0v) is 5.32. The summed E-state index contributed by atoms with van der Waals surface area (Å²) < 4.78 is 9.27. The summed E-state index contributed by atoms with van der Waals surface area (Å²) in [6.45, 7) is 0.433. The molecule has 0 aromatic carbocycles. The molecule has 1 aliphatic heterocycles. The highest BCUT2D eigenvalue weighted by Crippen LogP contribution is 2.08. The Labute approximate surface area is 57.7 Å². The highest BCUT2D eigenvalue weighted by molar-refractivity contribution is 5.64. The Kier molecular flexibility index (Phi) is 2.08. The van der Waals surface area contributed by atoms with Crippen LogP contribution >= 0.6 is 0 Å². The zero-order chi connectivity index (χ0) is 7.56. The molecule has 5 nitrogen and oxygen atoms in total. The number of rotatable bonds is 1. The van der Waals surface area contributed by atoms with Crippen molar-refractivity contribution >= 4 is 6.09 Å². The lowest BCUT2D eigenvalue weighted by molar-refractivity contribution is 0.0373. The number of carbonyl (C=O) groups excluding carboxylic acids is 1. The molecule has 0 radical (unpaired) electrons. The molecule has 0 saturated carbocycles. The molecule has 58 valence electrons. The summed E-state index contributed by atoms with van der Waals surface area (Å²) in [5, 5.41) is 8.98. The van der Waals surface area contributed by atoms with Gasteiger partial charge in [-0.15, -0.1) is 0 Å². The number of amides is 1. The number of carbonyl (C=O) groups is 1. The van der Waals surface area contributed by atoms with Gasteiger partial charge in [-0.1, -0.05) is 0 Å². The molecule has 1 fully saturated rings. The fraction of sp³-hybridized carbons (Fsp3) is 0.800. The van der Waals surface area contributed by atoms with E-state index in [1.165, 1.54) is 0 Å². The van der Waals surface area contributed by atoms with Crippen molar-refractivity contribution in [2.24, 2.45) is 5.73 Å². The van der Waals surface area contributed by atoms with Gasteiger partial charge in [-0.3, -0.25) is 0 Å². The number of aliphatic hydroxyl groups excluding tert-OH is 1. The van der Waals surface area contributed by atoms with Crippen LogP contribution in [0.1, 0.15) is 0 Å². The smallest absolute Gasteiger partial charge is 0.404 e. The van der Waals surface area contributed by atoms with Crippen LogP contribution in [-0.4, -0.2) is 36.6 Å².